The van der Waals surface area contributed by atoms with Crippen LogP contribution in [0.25, 0.3) is 21.1 Å². The van der Waals surface area contributed by atoms with Crippen molar-refractivity contribution >= 4 is 50.1 Å². The summed E-state index contributed by atoms with van der Waals surface area (Å²) in [5.74, 6) is 0.848. The Morgan fingerprint density at radius 3 is 2.73 bits per heavy atom. The van der Waals surface area contributed by atoms with E-state index in [9.17, 15) is 14.4 Å². The first-order valence-corrected chi connectivity index (χ1v) is 15.9. The van der Waals surface area contributed by atoms with Gasteiger partial charge in [-0.05, 0) is 49.1 Å². The number of hydrogen-bond acceptors (Lipinski definition) is 10. The average molecular weight is 620 g/mol. The van der Waals surface area contributed by atoms with E-state index >= 15 is 0 Å². The van der Waals surface area contributed by atoms with Gasteiger partial charge < -0.3 is 25.7 Å². The monoisotopic (exact) mass is 619 g/mol. The first-order valence-electron chi connectivity index (χ1n) is 15.0. The lowest BCUT2D eigenvalue weighted by Crippen LogP contribution is -2.49. The van der Waals surface area contributed by atoms with E-state index < -0.39 is 18.7 Å². The Morgan fingerprint density at radius 1 is 1.18 bits per heavy atom. The number of nitrogens with two attached hydrogens (primary N) is 1. The minimum atomic E-state index is -0.586. The number of amides is 1. The molecule has 0 bridgehead atoms. The lowest BCUT2D eigenvalue weighted by atomic mass is 10.0. The Balaban J connectivity index is 1.10. The number of carbonyl (C=O) groups excluding carboxylic acids is 1. The summed E-state index contributed by atoms with van der Waals surface area (Å²) in [5.41, 5.74) is 9.59. The molecule has 3 aromatic heterocycles. The van der Waals surface area contributed by atoms with Gasteiger partial charge in [0.15, 0.2) is 0 Å². The number of piperidine rings is 1. The van der Waals surface area contributed by atoms with E-state index in [4.69, 9.17) is 10.5 Å². The molecular weight excluding hydrogens is 581 g/mol. The summed E-state index contributed by atoms with van der Waals surface area (Å²) in [7, 11) is 1.79. The number of hydrogen-bond donors (Lipinski definition) is 3. The van der Waals surface area contributed by atoms with Crippen LogP contribution in [0.4, 0.5) is 16.2 Å². The molecule has 2 aliphatic rings. The molecule has 232 valence electrons. The van der Waals surface area contributed by atoms with Gasteiger partial charge in [0.1, 0.15) is 35.2 Å². The summed E-state index contributed by atoms with van der Waals surface area (Å²) in [5, 5.41) is 18.5. The second kappa shape index (κ2) is 13.0. The van der Waals surface area contributed by atoms with Crippen LogP contribution in [0.1, 0.15) is 34.5 Å². The van der Waals surface area contributed by atoms with Gasteiger partial charge in [-0.1, -0.05) is 6.07 Å². The number of benzene rings is 1. The molecule has 0 saturated carbocycles. The predicted octanol–water partition coefficient (Wildman–Crippen LogP) is 3.60. The highest BCUT2D eigenvalue weighted by atomic mass is 32.1. The Kier molecular flexibility index (Phi) is 8.95. The number of aryl methyl sites for hydroxylation is 1. The van der Waals surface area contributed by atoms with Crippen molar-refractivity contribution in [2.75, 3.05) is 57.0 Å². The molecular formula is C31H38FN9O2S. The predicted molar refractivity (Wildman–Crippen MR) is 170 cm³/mol. The number of thiophene rings is 1. The van der Waals surface area contributed by atoms with E-state index in [2.05, 4.69) is 60.1 Å². The van der Waals surface area contributed by atoms with Gasteiger partial charge in [-0.15, -0.1) is 11.3 Å². The summed E-state index contributed by atoms with van der Waals surface area (Å²) in [6.45, 7) is 7.39. The largest absolute Gasteiger partial charge is 0.367 e. The summed E-state index contributed by atoms with van der Waals surface area (Å²) in [6.07, 6.45) is 1.35. The molecule has 0 aliphatic carbocycles. The van der Waals surface area contributed by atoms with Crippen molar-refractivity contribution in [3.05, 3.63) is 46.0 Å². The van der Waals surface area contributed by atoms with Gasteiger partial charge in [0, 0.05) is 74.7 Å². The number of fused-ring (bicyclic) bond motifs is 2. The third-order valence-electron chi connectivity index (χ3n) is 8.81. The Bertz CT molecular complexity index is 1710. The zero-order valence-corrected chi connectivity index (χ0v) is 25.9. The van der Waals surface area contributed by atoms with E-state index in [0.29, 0.717) is 42.8 Å². The lowest BCUT2D eigenvalue weighted by molar-refractivity contribution is -0.135. The molecule has 2 saturated heterocycles. The van der Waals surface area contributed by atoms with E-state index in [0.717, 1.165) is 66.0 Å². The van der Waals surface area contributed by atoms with Gasteiger partial charge in [0.25, 0.3) is 0 Å². The number of nitrogens with one attached hydrogen (secondary N) is 2. The number of ether oxygens (including phenoxy) is 1. The first-order chi connectivity index (χ1) is 21.4. The maximum atomic E-state index is 13.3. The van der Waals surface area contributed by atoms with Gasteiger partial charge in [-0.3, -0.25) is 14.6 Å². The summed E-state index contributed by atoms with van der Waals surface area (Å²) in [6, 6.07) is 10.8. The van der Waals surface area contributed by atoms with Crippen molar-refractivity contribution in [3.8, 4) is 6.07 Å². The molecule has 4 aromatic rings. The summed E-state index contributed by atoms with van der Waals surface area (Å²) < 4.78 is 20.9. The number of carbonyl (C=O) groups is 1. The molecule has 2 fully saturated rings. The van der Waals surface area contributed by atoms with E-state index in [1.807, 2.05) is 12.1 Å². The smallest absolute Gasteiger partial charge is 0.247 e. The Hall–Kier alpha value is -3.83. The minimum Gasteiger partial charge on any atom is -0.367 e. The fourth-order valence-corrected chi connectivity index (χ4v) is 7.15. The van der Waals surface area contributed by atoms with Crippen LogP contribution in [0.5, 0.6) is 0 Å². The van der Waals surface area contributed by atoms with Crippen molar-refractivity contribution < 1.29 is 13.9 Å². The van der Waals surface area contributed by atoms with Crippen LogP contribution < -0.4 is 16.4 Å². The molecule has 6 rings (SSSR count). The molecule has 44 heavy (non-hydrogen) atoms. The first kappa shape index (κ1) is 30.2. The van der Waals surface area contributed by atoms with Crippen molar-refractivity contribution in [2.45, 2.75) is 51.7 Å². The Morgan fingerprint density at radius 2 is 2.00 bits per heavy atom. The quantitative estimate of drug-likeness (QED) is 0.243. The Labute approximate surface area is 259 Å². The number of likely N-dealkylation sites (tertiary alicyclic amines) is 1. The van der Waals surface area contributed by atoms with Gasteiger partial charge in [-0.2, -0.15) is 10.2 Å². The van der Waals surface area contributed by atoms with Crippen molar-refractivity contribution in [3.63, 3.8) is 0 Å². The molecule has 1 aromatic carbocycles. The molecule has 0 spiro atoms. The van der Waals surface area contributed by atoms with Crippen LogP contribution in [0.2, 0.25) is 0 Å². The van der Waals surface area contributed by atoms with Gasteiger partial charge in [0.2, 0.25) is 11.9 Å². The molecule has 1 atom stereocenters. The number of nitrogens with zero attached hydrogens (tertiary/aromatic N) is 6. The van der Waals surface area contributed by atoms with Crippen LogP contribution in [-0.2, 0) is 29.3 Å². The van der Waals surface area contributed by atoms with Gasteiger partial charge in [-0.25, -0.2) is 9.37 Å². The van der Waals surface area contributed by atoms with E-state index in [1.165, 1.54) is 22.5 Å². The van der Waals surface area contributed by atoms with Crippen LogP contribution in [0.15, 0.2) is 24.3 Å². The second-order valence-electron chi connectivity index (χ2n) is 11.5. The fourth-order valence-electron chi connectivity index (χ4n) is 6.27. The minimum absolute atomic E-state index is 0.267. The number of anilines is 2. The van der Waals surface area contributed by atoms with Crippen molar-refractivity contribution in [1.82, 2.24) is 24.3 Å². The number of halogens is 1. The second-order valence-corrected chi connectivity index (χ2v) is 12.7. The SMILES string of the molecule is CNc1nc(NC2CCN(Cc3ccc4c(cc(C#N)n4CCN4CCOC(C(N)=O)C4)c3C)CC2)c2cc(CF)sc2n1. The lowest BCUT2D eigenvalue weighted by Gasteiger charge is -2.33. The van der Waals surface area contributed by atoms with Crippen LogP contribution in [0, 0.1) is 18.3 Å². The molecule has 2 aliphatic heterocycles. The van der Waals surface area contributed by atoms with Crippen molar-refractivity contribution in [1.29, 1.82) is 5.26 Å². The third kappa shape index (κ3) is 6.21. The average Bonchev–Trinajstić information content (AvgIpc) is 3.64. The molecule has 1 unspecified atom stereocenters. The zero-order valence-electron chi connectivity index (χ0n) is 25.1. The number of nitriles is 1. The zero-order chi connectivity index (χ0) is 30.8. The summed E-state index contributed by atoms with van der Waals surface area (Å²) in [4.78, 5) is 26.8. The number of rotatable bonds is 10. The van der Waals surface area contributed by atoms with Crippen LogP contribution in [0.3, 0.4) is 0 Å². The van der Waals surface area contributed by atoms with Crippen LogP contribution >= 0.6 is 11.3 Å². The molecule has 13 heteroatoms. The molecule has 4 N–H and O–H groups in total. The number of aromatic nitrogens is 3. The standard InChI is InChI=1S/C31H38FN9O2S/c1-19-20(3-4-26-24(19)13-22(16-33)41(26)10-9-40-11-12-43-27(18-40)28(34)42)17-39-7-5-21(6-8-39)36-29-25-14-23(15-32)44-30(25)38-31(35-2)37-29/h3-4,13-14,21,27H,5-12,15,17-18H2,1-2H3,(H2,34,42)(H2,35,36,37,38). The third-order valence-corrected chi connectivity index (χ3v) is 9.80. The van der Waals surface area contributed by atoms with Gasteiger partial charge in [0.05, 0.1) is 12.0 Å². The molecule has 11 nitrogen and oxygen atoms in total. The topological polar surface area (TPSA) is 137 Å². The highest BCUT2D eigenvalue weighted by molar-refractivity contribution is 7.18. The van der Waals surface area contributed by atoms with Crippen LogP contribution in [-0.4, -0.2) is 88.8 Å². The fraction of sp³-hybridized carbons (Fsp3) is 0.484. The molecule has 0 radical (unpaired) electrons. The summed E-state index contributed by atoms with van der Waals surface area (Å²) >= 11 is 1.36. The number of primary amides is 1. The molecule has 5 heterocycles. The maximum Gasteiger partial charge on any atom is 0.247 e. The number of morpholine rings is 1. The maximum absolute atomic E-state index is 13.3. The normalized spacial score (nSPS) is 18.5. The highest BCUT2D eigenvalue weighted by Gasteiger charge is 2.26. The number of alkyl halides is 1. The van der Waals surface area contributed by atoms with Gasteiger partial charge >= 0.3 is 0 Å². The highest BCUT2D eigenvalue weighted by Crippen LogP contribution is 2.32. The molecule has 1 amide bonds. The van der Waals surface area contributed by atoms with E-state index in [-0.39, 0.29) is 6.04 Å². The van der Waals surface area contributed by atoms with Crippen molar-refractivity contribution in [2.24, 2.45) is 5.73 Å². The van der Waals surface area contributed by atoms with E-state index in [1.54, 1.807) is 7.05 Å².